The number of benzene rings is 1. The first-order valence-electron chi connectivity index (χ1n) is 8.21. The second-order valence-electron chi connectivity index (χ2n) is 6.38. The molecule has 8 nitrogen and oxygen atoms in total. The van der Waals surface area contributed by atoms with Crippen LogP contribution in [0.2, 0.25) is 0 Å². The molecule has 1 atom stereocenters. The molecule has 1 fully saturated rings. The van der Waals surface area contributed by atoms with E-state index in [1.807, 2.05) is 18.2 Å². The van der Waals surface area contributed by atoms with Crippen LogP contribution >= 0.6 is 0 Å². The Labute approximate surface area is 153 Å². The number of ether oxygens (including phenoxy) is 1. The highest BCUT2D eigenvalue weighted by molar-refractivity contribution is 7.85. The van der Waals surface area contributed by atoms with Gasteiger partial charge in [-0.15, -0.1) is 0 Å². The van der Waals surface area contributed by atoms with Gasteiger partial charge in [0.25, 0.3) is 10.1 Å². The van der Waals surface area contributed by atoms with Gasteiger partial charge in [-0.3, -0.25) is 13.9 Å². The number of cyclic esters (lactones) is 1. The number of carbonyl (C=O) groups excluding carboxylic acids is 2. The van der Waals surface area contributed by atoms with E-state index in [9.17, 15) is 18.0 Å². The maximum absolute atomic E-state index is 12.1. The van der Waals surface area contributed by atoms with Crippen LogP contribution in [-0.4, -0.2) is 71.7 Å². The van der Waals surface area contributed by atoms with Gasteiger partial charge in [0.2, 0.25) is 7.85 Å². The SMILES string of the molecule is [B]C(=O)N1CCc2ccc(N3C[C@H](COS(C)(=O)=O)OC3=O)cc2CC1. The largest absolute Gasteiger partial charge is 0.441 e. The lowest BCUT2D eigenvalue weighted by atomic mass is 10.0. The summed E-state index contributed by atoms with van der Waals surface area (Å²) in [6, 6.07) is 5.66. The Hall–Kier alpha value is -2.07. The van der Waals surface area contributed by atoms with E-state index in [2.05, 4.69) is 0 Å². The molecule has 26 heavy (non-hydrogen) atoms. The Morgan fingerprint density at radius 1 is 1.31 bits per heavy atom. The molecule has 2 amide bonds. The van der Waals surface area contributed by atoms with Gasteiger partial charge < -0.3 is 9.64 Å². The maximum atomic E-state index is 12.1. The van der Waals surface area contributed by atoms with Gasteiger partial charge in [0.1, 0.15) is 12.7 Å². The van der Waals surface area contributed by atoms with E-state index >= 15 is 0 Å². The molecule has 1 aromatic rings. The third kappa shape index (κ3) is 4.36. The number of nitrogens with zero attached hydrogens (tertiary/aromatic N) is 2. The summed E-state index contributed by atoms with van der Waals surface area (Å²) >= 11 is 0. The van der Waals surface area contributed by atoms with Crippen molar-refractivity contribution in [2.24, 2.45) is 0 Å². The first-order chi connectivity index (χ1) is 12.2. The number of amides is 2. The highest BCUT2D eigenvalue weighted by Gasteiger charge is 2.33. The molecule has 2 heterocycles. The second kappa shape index (κ2) is 7.28. The van der Waals surface area contributed by atoms with Gasteiger partial charge in [-0.1, -0.05) is 6.07 Å². The number of rotatable bonds is 4. The Bertz CT molecular complexity index is 828. The van der Waals surface area contributed by atoms with E-state index in [4.69, 9.17) is 16.8 Å². The Morgan fingerprint density at radius 2 is 2.00 bits per heavy atom. The van der Waals surface area contributed by atoms with E-state index in [0.717, 1.165) is 17.4 Å². The summed E-state index contributed by atoms with van der Waals surface area (Å²) in [5, 5.41) is 0. The summed E-state index contributed by atoms with van der Waals surface area (Å²) in [6.07, 6.45) is 1.10. The smallest absolute Gasteiger partial charge is 0.414 e. The first-order valence-corrected chi connectivity index (χ1v) is 10.0. The van der Waals surface area contributed by atoms with E-state index < -0.39 is 28.1 Å². The maximum Gasteiger partial charge on any atom is 0.414 e. The van der Waals surface area contributed by atoms with Crippen molar-refractivity contribution in [3.8, 4) is 0 Å². The summed E-state index contributed by atoms with van der Waals surface area (Å²) < 4.78 is 32.0. The van der Waals surface area contributed by atoms with Crippen LogP contribution in [0.1, 0.15) is 11.1 Å². The second-order valence-corrected chi connectivity index (χ2v) is 8.03. The normalized spacial score (nSPS) is 20.5. The molecule has 138 valence electrons. The Balaban J connectivity index is 1.71. The third-order valence-corrected chi connectivity index (χ3v) is 5.02. The fourth-order valence-corrected chi connectivity index (χ4v) is 3.52. The van der Waals surface area contributed by atoms with Gasteiger partial charge in [-0.25, -0.2) is 4.79 Å². The number of hydrogen-bond acceptors (Lipinski definition) is 6. The molecular formula is C16H19BN2O6S. The minimum atomic E-state index is -3.59. The van der Waals surface area contributed by atoms with Crippen molar-refractivity contribution in [3.63, 3.8) is 0 Å². The van der Waals surface area contributed by atoms with Crippen LogP contribution in [0.3, 0.4) is 0 Å². The molecule has 0 N–H and O–H groups in total. The molecule has 10 heteroatoms. The van der Waals surface area contributed by atoms with Gasteiger partial charge in [0.15, 0.2) is 5.81 Å². The number of carbonyl (C=O) groups is 2. The van der Waals surface area contributed by atoms with E-state index in [1.54, 1.807) is 4.90 Å². The van der Waals surface area contributed by atoms with Crippen LogP contribution in [-0.2, 0) is 31.9 Å². The Kier molecular flexibility index (Phi) is 5.24. The van der Waals surface area contributed by atoms with Crippen molar-refractivity contribution in [3.05, 3.63) is 29.3 Å². The molecule has 1 saturated heterocycles. The molecule has 0 bridgehead atoms. The molecule has 0 unspecified atom stereocenters. The van der Waals surface area contributed by atoms with E-state index in [0.29, 0.717) is 31.6 Å². The Morgan fingerprint density at radius 3 is 2.65 bits per heavy atom. The molecular weight excluding hydrogens is 359 g/mol. The minimum absolute atomic E-state index is 0.209. The monoisotopic (exact) mass is 378 g/mol. The lowest BCUT2D eigenvalue weighted by Crippen LogP contribution is -2.32. The fourth-order valence-electron chi connectivity index (χ4n) is 3.12. The van der Waals surface area contributed by atoms with Crippen LogP contribution in [0.15, 0.2) is 18.2 Å². The highest BCUT2D eigenvalue weighted by atomic mass is 32.2. The van der Waals surface area contributed by atoms with Crippen molar-refractivity contribution in [2.45, 2.75) is 18.9 Å². The van der Waals surface area contributed by atoms with Crippen molar-refractivity contribution < 1.29 is 26.9 Å². The number of fused-ring (bicyclic) bond motifs is 1. The minimum Gasteiger partial charge on any atom is -0.441 e. The predicted molar refractivity (Wildman–Crippen MR) is 95.0 cm³/mol. The van der Waals surface area contributed by atoms with Gasteiger partial charge in [-0.05, 0) is 36.1 Å². The molecule has 2 aliphatic heterocycles. The molecule has 0 saturated carbocycles. The van der Waals surface area contributed by atoms with Crippen LogP contribution < -0.4 is 4.90 Å². The van der Waals surface area contributed by atoms with Crippen molar-refractivity contribution in [1.82, 2.24) is 4.90 Å². The molecule has 1 aromatic carbocycles. The fraction of sp³-hybridized carbons (Fsp3) is 0.500. The zero-order valence-electron chi connectivity index (χ0n) is 14.4. The summed E-state index contributed by atoms with van der Waals surface area (Å²) in [5.41, 5.74) is 2.83. The lowest BCUT2D eigenvalue weighted by molar-refractivity contribution is 0.107. The van der Waals surface area contributed by atoms with Crippen LogP contribution in [0.5, 0.6) is 0 Å². The van der Waals surface area contributed by atoms with Crippen molar-refractivity contribution >= 4 is 35.6 Å². The standard InChI is InChI=1S/C16H19BN2O6S/c1-26(22,23)24-10-14-9-19(16(21)25-14)13-3-2-11-4-6-18(15(17)20)7-5-12(11)8-13/h2-3,8,14H,4-7,9-10H2,1H3/t14-/m1/s1. The summed E-state index contributed by atoms with van der Waals surface area (Å²) in [7, 11) is 1.76. The molecule has 0 aliphatic carbocycles. The van der Waals surface area contributed by atoms with Gasteiger partial charge in [0, 0.05) is 18.8 Å². The topological polar surface area (TPSA) is 93.2 Å². The van der Waals surface area contributed by atoms with Crippen LogP contribution in [0.4, 0.5) is 15.3 Å². The average Bonchev–Trinajstić information content (AvgIpc) is 2.80. The van der Waals surface area contributed by atoms with Gasteiger partial charge in [-0.2, -0.15) is 8.42 Å². The van der Waals surface area contributed by atoms with Gasteiger partial charge in [0.05, 0.1) is 12.8 Å². The zero-order valence-corrected chi connectivity index (χ0v) is 15.2. The lowest BCUT2D eigenvalue weighted by Gasteiger charge is -2.18. The quantitative estimate of drug-likeness (QED) is 0.565. The summed E-state index contributed by atoms with van der Waals surface area (Å²) in [5.74, 6) is -0.435. The molecule has 2 radical (unpaired) electrons. The van der Waals surface area contributed by atoms with Crippen molar-refractivity contribution in [2.75, 3.05) is 37.4 Å². The first kappa shape index (κ1) is 18.7. The molecule has 2 aliphatic rings. The third-order valence-electron chi connectivity index (χ3n) is 4.46. The highest BCUT2D eigenvalue weighted by Crippen LogP contribution is 2.26. The summed E-state index contributed by atoms with van der Waals surface area (Å²) in [4.78, 5) is 26.5. The summed E-state index contributed by atoms with van der Waals surface area (Å²) in [6.45, 7) is 1.10. The molecule has 0 aromatic heterocycles. The zero-order chi connectivity index (χ0) is 18.9. The van der Waals surface area contributed by atoms with Gasteiger partial charge >= 0.3 is 6.09 Å². The molecule has 0 spiro atoms. The van der Waals surface area contributed by atoms with Crippen LogP contribution in [0.25, 0.3) is 0 Å². The average molecular weight is 378 g/mol. The predicted octanol–water partition coefficient (Wildman–Crippen LogP) is 0.677. The van der Waals surface area contributed by atoms with Crippen molar-refractivity contribution in [1.29, 1.82) is 0 Å². The number of hydrogen-bond donors (Lipinski definition) is 0. The van der Waals surface area contributed by atoms with Crippen LogP contribution in [0, 0.1) is 0 Å². The van der Waals surface area contributed by atoms with E-state index in [1.165, 1.54) is 4.90 Å². The van der Waals surface area contributed by atoms with E-state index in [-0.39, 0.29) is 13.2 Å². The molecule has 3 rings (SSSR count). The number of anilines is 1.